The molecule has 1 aromatic carbocycles. The number of benzene rings is 1. The summed E-state index contributed by atoms with van der Waals surface area (Å²) in [5.74, 6) is 0. The van der Waals surface area contributed by atoms with Crippen LogP contribution in [0.15, 0.2) is 45.0 Å². The molecule has 0 atom stereocenters. The van der Waals surface area contributed by atoms with Crippen LogP contribution in [0.4, 0.5) is 0 Å². The van der Waals surface area contributed by atoms with E-state index < -0.39 is 0 Å². The number of hydrogen-bond acceptors (Lipinski definition) is 4. The standard InChI is InChI=1S/C11H6BrClN4S/c12-6-3-1-2-4-7(6)18-10-8-9(15-5-14-8)16-11(13)17-10/h1-5H,(H,14,15,16,17). The number of nitrogens with one attached hydrogen (secondary N) is 1. The van der Waals surface area contributed by atoms with Crippen molar-refractivity contribution >= 4 is 50.5 Å². The van der Waals surface area contributed by atoms with E-state index in [1.807, 2.05) is 24.3 Å². The van der Waals surface area contributed by atoms with E-state index in [0.717, 1.165) is 19.9 Å². The first kappa shape index (κ1) is 12.0. The zero-order chi connectivity index (χ0) is 12.5. The van der Waals surface area contributed by atoms with Crippen molar-refractivity contribution in [3.8, 4) is 0 Å². The molecule has 0 fully saturated rings. The van der Waals surface area contributed by atoms with Gasteiger partial charge in [-0.05, 0) is 39.7 Å². The van der Waals surface area contributed by atoms with Crippen LogP contribution in [-0.4, -0.2) is 19.9 Å². The number of halogens is 2. The molecule has 0 saturated heterocycles. The highest BCUT2D eigenvalue weighted by atomic mass is 79.9. The van der Waals surface area contributed by atoms with Gasteiger partial charge in [0.1, 0.15) is 10.5 Å². The van der Waals surface area contributed by atoms with E-state index in [1.165, 1.54) is 11.8 Å². The van der Waals surface area contributed by atoms with Crippen LogP contribution in [0.2, 0.25) is 5.28 Å². The summed E-state index contributed by atoms with van der Waals surface area (Å²) in [5, 5.41) is 0.957. The molecule has 4 nitrogen and oxygen atoms in total. The number of H-pyrrole nitrogens is 1. The Balaban J connectivity index is 2.10. The van der Waals surface area contributed by atoms with Gasteiger partial charge in [0.2, 0.25) is 5.28 Å². The molecule has 2 heterocycles. The summed E-state index contributed by atoms with van der Waals surface area (Å²) in [6.07, 6.45) is 1.58. The molecule has 0 bridgehead atoms. The molecule has 1 N–H and O–H groups in total. The monoisotopic (exact) mass is 340 g/mol. The highest BCUT2D eigenvalue weighted by Gasteiger charge is 2.11. The second-order valence-corrected chi connectivity index (χ2v) is 5.65. The molecule has 0 saturated carbocycles. The second kappa shape index (κ2) is 4.87. The van der Waals surface area contributed by atoms with Crippen molar-refractivity contribution in [1.29, 1.82) is 0 Å². The predicted molar refractivity (Wildman–Crippen MR) is 75.0 cm³/mol. The SMILES string of the molecule is Clc1nc(Sc2ccccc2Br)c2[nH]cnc2n1. The zero-order valence-corrected chi connectivity index (χ0v) is 12.1. The lowest BCUT2D eigenvalue weighted by Crippen LogP contribution is -1.89. The molecule has 2 aromatic heterocycles. The first-order valence-electron chi connectivity index (χ1n) is 5.03. The first-order chi connectivity index (χ1) is 8.74. The van der Waals surface area contributed by atoms with Crippen LogP contribution in [0, 0.1) is 0 Å². The van der Waals surface area contributed by atoms with Gasteiger partial charge in [-0.1, -0.05) is 23.9 Å². The summed E-state index contributed by atoms with van der Waals surface area (Å²) in [4.78, 5) is 16.5. The van der Waals surface area contributed by atoms with Gasteiger partial charge >= 0.3 is 0 Å². The molecule has 90 valence electrons. The van der Waals surface area contributed by atoms with E-state index in [1.54, 1.807) is 6.33 Å². The maximum atomic E-state index is 5.89. The van der Waals surface area contributed by atoms with E-state index in [0.29, 0.717) is 5.65 Å². The molecule has 3 rings (SSSR count). The average Bonchev–Trinajstić information content (AvgIpc) is 2.80. The molecular weight excluding hydrogens is 336 g/mol. The number of rotatable bonds is 2. The lowest BCUT2D eigenvalue weighted by Gasteiger charge is -2.04. The van der Waals surface area contributed by atoms with Crippen molar-refractivity contribution in [3.63, 3.8) is 0 Å². The minimum Gasteiger partial charge on any atom is -0.341 e. The van der Waals surface area contributed by atoms with Crippen LogP contribution in [-0.2, 0) is 0 Å². The zero-order valence-electron chi connectivity index (χ0n) is 8.89. The molecule has 0 unspecified atom stereocenters. The van der Waals surface area contributed by atoms with E-state index >= 15 is 0 Å². The molecule has 0 aliphatic rings. The molecular formula is C11H6BrClN4S. The van der Waals surface area contributed by atoms with Crippen molar-refractivity contribution < 1.29 is 0 Å². The van der Waals surface area contributed by atoms with Crippen LogP contribution in [0.3, 0.4) is 0 Å². The van der Waals surface area contributed by atoms with Crippen LogP contribution in [0.1, 0.15) is 0 Å². The number of hydrogen-bond donors (Lipinski definition) is 1. The molecule has 18 heavy (non-hydrogen) atoms. The van der Waals surface area contributed by atoms with Crippen LogP contribution >= 0.6 is 39.3 Å². The third-order valence-corrected chi connectivity index (χ3v) is 4.46. The smallest absolute Gasteiger partial charge is 0.225 e. The number of fused-ring (bicyclic) bond motifs is 1. The molecule has 7 heteroatoms. The molecule has 3 aromatic rings. The molecule has 0 radical (unpaired) electrons. The summed E-state index contributed by atoms with van der Waals surface area (Å²) in [6, 6.07) is 7.93. The summed E-state index contributed by atoms with van der Waals surface area (Å²) in [5.41, 5.74) is 1.37. The molecule has 0 aliphatic heterocycles. The average molecular weight is 342 g/mol. The molecule has 0 spiro atoms. The highest BCUT2D eigenvalue weighted by Crippen LogP contribution is 2.35. The van der Waals surface area contributed by atoms with Gasteiger partial charge in [0.25, 0.3) is 0 Å². The predicted octanol–water partition coefficient (Wildman–Crippen LogP) is 3.92. The number of nitrogens with zero attached hydrogens (tertiary/aromatic N) is 3. The fraction of sp³-hybridized carbons (Fsp3) is 0. The van der Waals surface area contributed by atoms with Gasteiger partial charge < -0.3 is 4.98 Å². The van der Waals surface area contributed by atoms with E-state index in [-0.39, 0.29) is 5.28 Å². The summed E-state index contributed by atoms with van der Waals surface area (Å²) in [7, 11) is 0. The number of imidazole rings is 1. The summed E-state index contributed by atoms with van der Waals surface area (Å²) < 4.78 is 1.01. The summed E-state index contributed by atoms with van der Waals surface area (Å²) >= 11 is 10.9. The van der Waals surface area contributed by atoms with Gasteiger partial charge in [-0.2, -0.15) is 4.98 Å². The van der Waals surface area contributed by atoms with E-state index in [2.05, 4.69) is 35.9 Å². The topological polar surface area (TPSA) is 54.5 Å². The second-order valence-electron chi connectivity index (χ2n) is 3.43. The maximum absolute atomic E-state index is 5.89. The Bertz CT molecular complexity index is 715. The third kappa shape index (κ3) is 2.23. The van der Waals surface area contributed by atoms with Gasteiger partial charge in [-0.3, -0.25) is 0 Å². The Morgan fingerprint density at radius 3 is 2.89 bits per heavy atom. The Morgan fingerprint density at radius 1 is 1.22 bits per heavy atom. The number of aromatic amines is 1. The molecule has 0 aliphatic carbocycles. The van der Waals surface area contributed by atoms with Crippen LogP contribution < -0.4 is 0 Å². The number of aromatic nitrogens is 4. The Labute approximate surface area is 120 Å². The van der Waals surface area contributed by atoms with Gasteiger partial charge in [-0.15, -0.1) is 0 Å². The summed E-state index contributed by atoms with van der Waals surface area (Å²) in [6.45, 7) is 0. The minimum absolute atomic E-state index is 0.198. The Kier molecular flexibility index (Phi) is 3.23. The quantitative estimate of drug-likeness (QED) is 0.567. The fourth-order valence-corrected chi connectivity index (χ4v) is 3.13. The third-order valence-electron chi connectivity index (χ3n) is 2.27. The van der Waals surface area contributed by atoms with Crippen molar-refractivity contribution in [2.45, 2.75) is 9.92 Å². The van der Waals surface area contributed by atoms with Gasteiger partial charge in [0.15, 0.2) is 5.65 Å². The normalized spacial score (nSPS) is 11.0. The fourth-order valence-electron chi connectivity index (χ4n) is 1.49. The maximum Gasteiger partial charge on any atom is 0.225 e. The van der Waals surface area contributed by atoms with E-state index in [4.69, 9.17) is 11.6 Å². The van der Waals surface area contributed by atoms with Gasteiger partial charge in [0.05, 0.1) is 6.33 Å². The lowest BCUT2D eigenvalue weighted by molar-refractivity contribution is 1.08. The Hall–Kier alpha value is -1.11. The van der Waals surface area contributed by atoms with Gasteiger partial charge in [-0.25, -0.2) is 9.97 Å². The van der Waals surface area contributed by atoms with Crippen molar-refractivity contribution in [2.75, 3.05) is 0 Å². The van der Waals surface area contributed by atoms with Crippen LogP contribution in [0.25, 0.3) is 11.2 Å². The van der Waals surface area contributed by atoms with Crippen molar-refractivity contribution in [2.24, 2.45) is 0 Å². The van der Waals surface area contributed by atoms with Crippen molar-refractivity contribution in [3.05, 3.63) is 40.3 Å². The largest absolute Gasteiger partial charge is 0.341 e. The minimum atomic E-state index is 0.198. The van der Waals surface area contributed by atoms with E-state index in [9.17, 15) is 0 Å². The van der Waals surface area contributed by atoms with Crippen LogP contribution in [0.5, 0.6) is 0 Å². The molecule has 0 amide bonds. The first-order valence-corrected chi connectivity index (χ1v) is 7.02. The highest BCUT2D eigenvalue weighted by molar-refractivity contribution is 9.10. The Morgan fingerprint density at radius 2 is 2.06 bits per heavy atom. The lowest BCUT2D eigenvalue weighted by atomic mass is 10.4. The van der Waals surface area contributed by atoms with Crippen molar-refractivity contribution in [1.82, 2.24) is 19.9 Å². The van der Waals surface area contributed by atoms with Gasteiger partial charge in [0, 0.05) is 9.37 Å².